The Balaban J connectivity index is 1.93. The maximum Gasteiger partial charge on any atom is 0.311 e. The van der Waals surface area contributed by atoms with Crippen LogP contribution in [0.5, 0.6) is 0 Å². The number of amides is 2. The fourth-order valence-corrected chi connectivity index (χ4v) is 2.90. The van der Waals surface area contributed by atoms with Crippen LogP contribution in [-0.4, -0.2) is 66.9 Å². The molecule has 2 aliphatic rings. The SMILES string of the molecule is CN1C2CCC1CN(C(=O)C(=O)NCCN)CC2. The molecule has 2 fully saturated rings. The molecule has 2 heterocycles. The molecular formula is C12H22N4O2. The molecule has 0 aliphatic carbocycles. The van der Waals surface area contributed by atoms with Gasteiger partial charge in [0.2, 0.25) is 0 Å². The highest BCUT2D eigenvalue weighted by Gasteiger charge is 2.37. The Morgan fingerprint density at radius 3 is 2.72 bits per heavy atom. The van der Waals surface area contributed by atoms with Crippen LogP contribution in [0.3, 0.4) is 0 Å². The summed E-state index contributed by atoms with van der Waals surface area (Å²) in [6, 6.07) is 0.976. The molecule has 2 atom stereocenters. The van der Waals surface area contributed by atoms with Crippen molar-refractivity contribution in [2.24, 2.45) is 5.73 Å². The van der Waals surface area contributed by atoms with Gasteiger partial charge < -0.3 is 16.0 Å². The van der Waals surface area contributed by atoms with Crippen molar-refractivity contribution in [3.63, 3.8) is 0 Å². The Bertz CT molecular complexity index is 334. The third kappa shape index (κ3) is 2.64. The number of nitrogens with zero attached hydrogens (tertiary/aromatic N) is 2. The molecule has 0 spiro atoms. The highest BCUT2D eigenvalue weighted by atomic mass is 16.2. The average Bonchev–Trinajstić information content (AvgIpc) is 2.59. The van der Waals surface area contributed by atoms with Crippen LogP contribution in [0.25, 0.3) is 0 Å². The normalized spacial score (nSPS) is 28.0. The lowest BCUT2D eigenvalue weighted by atomic mass is 10.1. The Morgan fingerprint density at radius 1 is 1.28 bits per heavy atom. The number of fused-ring (bicyclic) bond motifs is 2. The van der Waals surface area contributed by atoms with E-state index in [0.717, 1.165) is 12.8 Å². The molecule has 0 aromatic carbocycles. The second kappa shape index (κ2) is 5.67. The molecule has 0 aromatic heterocycles. The van der Waals surface area contributed by atoms with E-state index in [2.05, 4.69) is 17.3 Å². The molecule has 0 saturated carbocycles. The standard InChI is InChI=1S/C12H22N4O2/c1-15-9-2-3-10(15)8-16(7-4-9)12(18)11(17)14-6-5-13/h9-10H,2-8,13H2,1H3,(H,14,17). The Labute approximate surface area is 107 Å². The summed E-state index contributed by atoms with van der Waals surface area (Å²) >= 11 is 0. The third-order valence-electron chi connectivity index (χ3n) is 4.06. The largest absolute Gasteiger partial charge is 0.347 e. The molecule has 3 N–H and O–H groups in total. The number of hydrogen-bond donors (Lipinski definition) is 2. The fraction of sp³-hybridized carbons (Fsp3) is 0.833. The Kier molecular flexibility index (Phi) is 4.19. The fourth-order valence-electron chi connectivity index (χ4n) is 2.90. The smallest absolute Gasteiger partial charge is 0.311 e. The number of rotatable bonds is 2. The molecule has 0 aromatic rings. The summed E-state index contributed by atoms with van der Waals surface area (Å²) in [5, 5.41) is 2.54. The molecule has 6 heteroatoms. The summed E-state index contributed by atoms with van der Waals surface area (Å²) in [4.78, 5) is 27.7. The van der Waals surface area contributed by atoms with Crippen LogP contribution in [0.2, 0.25) is 0 Å². The molecule has 2 amide bonds. The van der Waals surface area contributed by atoms with Crippen molar-refractivity contribution in [1.82, 2.24) is 15.1 Å². The molecule has 0 radical (unpaired) electrons. The molecule has 102 valence electrons. The van der Waals surface area contributed by atoms with Gasteiger partial charge in [0.1, 0.15) is 0 Å². The van der Waals surface area contributed by atoms with Crippen molar-refractivity contribution >= 4 is 11.8 Å². The van der Waals surface area contributed by atoms with Gasteiger partial charge in [-0.15, -0.1) is 0 Å². The lowest BCUT2D eigenvalue weighted by molar-refractivity contribution is -0.146. The predicted octanol–water partition coefficient (Wildman–Crippen LogP) is -1.24. The van der Waals surface area contributed by atoms with E-state index in [-0.39, 0.29) is 0 Å². The van der Waals surface area contributed by atoms with Gasteiger partial charge >= 0.3 is 11.8 Å². The van der Waals surface area contributed by atoms with Crippen molar-refractivity contribution in [3.8, 4) is 0 Å². The number of nitrogens with two attached hydrogens (primary N) is 1. The van der Waals surface area contributed by atoms with E-state index in [4.69, 9.17) is 5.73 Å². The summed E-state index contributed by atoms with van der Waals surface area (Å²) in [6.45, 7) is 2.05. The Hall–Kier alpha value is -1.14. The molecule has 2 saturated heterocycles. The lowest BCUT2D eigenvalue weighted by Gasteiger charge is -2.25. The van der Waals surface area contributed by atoms with Gasteiger partial charge in [0.05, 0.1) is 0 Å². The minimum atomic E-state index is -0.527. The maximum absolute atomic E-state index is 12.0. The summed E-state index contributed by atoms with van der Waals surface area (Å²) in [6.07, 6.45) is 3.29. The van der Waals surface area contributed by atoms with E-state index in [0.29, 0.717) is 38.3 Å². The second-order valence-corrected chi connectivity index (χ2v) is 5.13. The zero-order valence-corrected chi connectivity index (χ0v) is 10.9. The van der Waals surface area contributed by atoms with Crippen LogP contribution in [0, 0.1) is 0 Å². The van der Waals surface area contributed by atoms with Crippen molar-refractivity contribution in [1.29, 1.82) is 0 Å². The van der Waals surface area contributed by atoms with Crippen LogP contribution >= 0.6 is 0 Å². The van der Waals surface area contributed by atoms with Crippen LogP contribution in [0.1, 0.15) is 19.3 Å². The van der Waals surface area contributed by atoms with E-state index in [1.807, 2.05) is 0 Å². The van der Waals surface area contributed by atoms with Crippen LogP contribution < -0.4 is 11.1 Å². The van der Waals surface area contributed by atoms with E-state index < -0.39 is 11.8 Å². The summed E-state index contributed by atoms with van der Waals surface area (Å²) < 4.78 is 0. The topological polar surface area (TPSA) is 78.7 Å². The molecule has 2 unspecified atom stereocenters. The Morgan fingerprint density at radius 2 is 2.00 bits per heavy atom. The van der Waals surface area contributed by atoms with Gasteiger partial charge in [-0.1, -0.05) is 0 Å². The number of hydrogen-bond acceptors (Lipinski definition) is 4. The van der Waals surface area contributed by atoms with Crippen molar-refractivity contribution in [2.45, 2.75) is 31.3 Å². The molecule has 2 aliphatic heterocycles. The van der Waals surface area contributed by atoms with Crippen LogP contribution in [-0.2, 0) is 9.59 Å². The molecule has 18 heavy (non-hydrogen) atoms. The third-order valence-corrected chi connectivity index (χ3v) is 4.06. The zero-order chi connectivity index (χ0) is 13.1. The number of carbonyl (C=O) groups is 2. The van der Waals surface area contributed by atoms with Crippen LogP contribution in [0.15, 0.2) is 0 Å². The first-order valence-electron chi connectivity index (χ1n) is 6.62. The van der Waals surface area contributed by atoms with Crippen molar-refractivity contribution < 1.29 is 9.59 Å². The number of likely N-dealkylation sites (tertiary alicyclic amines) is 1. The summed E-state index contributed by atoms with van der Waals surface area (Å²) in [7, 11) is 2.12. The number of nitrogens with one attached hydrogen (secondary N) is 1. The van der Waals surface area contributed by atoms with Gasteiger partial charge in [-0.05, 0) is 26.3 Å². The monoisotopic (exact) mass is 254 g/mol. The van der Waals surface area contributed by atoms with E-state index in [9.17, 15) is 9.59 Å². The first-order valence-corrected chi connectivity index (χ1v) is 6.62. The molecule has 2 bridgehead atoms. The van der Waals surface area contributed by atoms with E-state index >= 15 is 0 Å². The second-order valence-electron chi connectivity index (χ2n) is 5.13. The minimum Gasteiger partial charge on any atom is -0.347 e. The van der Waals surface area contributed by atoms with Gasteiger partial charge in [0.25, 0.3) is 0 Å². The van der Waals surface area contributed by atoms with Gasteiger partial charge in [0.15, 0.2) is 0 Å². The minimum absolute atomic E-state index is 0.352. The van der Waals surface area contributed by atoms with E-state index in [1.54, 1.807) is 4.90 Å². The number of likely N-dealkylation sites (N-methyl/N-ethyl adjacent to an activating group) is 1. The van der Waals surface area contributed by atoms with Gasteiger partial charge in [0, 0.05) is 38.3 Å². The first kappa shape index (κ1) is 13.3. The van der Waals surface area contributed by atoms with Crippen molar-refractivity contribution in [2.75, 3.05) is 33.2 Å². The van der Waals surface area contributed by atoms with Gasteiger partial charge in [-0.2, -0.15) is 0 Å². The zero-order valence-electron chi connectivity index (χ0n) is 10.9. The first-order chi connectivity index (χ1) is 8.63. The molecule has 2 rings (SSSR count). The highest BCUT2D eigenvalue weighted by Crippen LogP contribution is 2.28. The summed E-state index contributed by atoms with van der Waals surface area (Å²) in [5.74, 6) is -0.940. The predicted molar refractivity (Wildman–Crippen MR) is 67.8 cm³/mol. The molecular weight excluding hydrogens is 232 g/mol. The number of carbonyl (C=O) groups excluding carboxylic acids is 2. The average molecular weight is 254 g/mol. The quantitative estimate of drug-likeness (QED) is 0.604. The summed E-state index contributed by atoms with van der Waals surface area (Å²) in [5.41, 5.74) is 5.30. The highest BCUT2D eigenvalue weighted by molar-refractivity contribution is 6.35. The van der Waals surface area contributed by atoms with Gasteiger partial charge in [-0.3, -0.25) is 14.5 Å². The van der Waals surface area contributed by atoms with Crippen molar-refractivity contribution in [3.05, 3.63) is 0 Å². The van der Waals surface area contributed by atoms with Crippen LogP contribution in [0.4, 0.5) is 0 Å². The maximum atomic E-state index is 12.0. The van der Waals surface area contributed by atoms with Gasteiger partial charge in [-0.25, -0.2) is 0 Å². The lowest BCUT2D eigenvalue weighted by Crippen LogP contribution is -2.47. The molecule has 6 nitrogen and oxygen atoms in total. The van der Waals surface area contributed by atoms with E-state index in [1.165, 1.54) is 6.42 Å².